The molecule has 39 heavy (non-hydrogen) atoms. The molecular formula is C31H29ClN6O. The fourth-order valence-corrected chi connectivity index (χ4v) is 5.79. The normalized spacial score (nSPS) is 18.5. The number of aliphatic imine (C=N–C) groups is 1. The van der Waals surface area contributed by atoms with Crippen LogP contribution in [-0.4, -0.2) is 52.9 Å². The molecule has 2 aromatic carbocycles. The molecule has 4 aromatic rings. The van der Waals surface area contributed by atoms with E-state index in [1.807, 2.05) is 42.7 Å². The fourth-order valence-electron chi connectivity index (χ4n) is 5.48. The Morgan fingerprint density at radius 2 is 1.92 bits per heavy atom. The lowest BCUT2D eigenvalue weighted by atomic mass is 10.0. The Morgan fingerprint density at radius 1 is 1.10 bits per heavy atom. The second kappa shape index (κ2) is 11.4. The van der Waals surface area contributed by atoms with Gasteiger partial charge in [0.15, 0.2) is 0 Å². The first-order chi connectivity index (χ1) is 19.2. The van der Waals surface area contributed by atoms with Gasteiger partial charge in [-0.2, -0.15) is 9.97 Å². The molecule has 2 fully saturated rings. The van der Waals surface area contributed by atoms with Crippen molar-refractivity contribution in [3.05, 3.63) is 88.3 Å². The summed E-state index contributed by atoms with van der Waals surface area (Å²) in [6.45, 7) is 2.59. The Balaban J connectivity index is 1.30. The largest absolute Gasteiger partial charge is 0.463 e. The number of nitrogens with one attached hydrogen (secondary N) is 1. The van der Waals surface area contributed by atoms with Gasteiger partial charge in [-0.3, -0.25) is 9.98 Å². The number of hydrogen-bond acceptors (Lipinski definition) is 7. The topological polar surface area (TPSA) is 75.5 Å². The molecule has 0 saturated carbocycles. The summed E-state index contributed by atoms with van der Waals surface area (Å²) in [6.07, 6.45) is 14.4. The molecule has 2 atom stereocenters. The number of piperazine rings is 1. The van der Waals surface area contributed by atoms with Crippen molar-refractivity contribution in [1.29, 1.82) is 0 Å². The van der Waals surface area contributed by atoms with E-state index in [1.54, 1.807) is 6.20 Å². The molecule has 7 nitrogen and oxygen atoms in total. The van der Waals surface area contributed by atoms with Crippen LogP contribution in [0.1, 0.15) is 35.2 Å². The highest BCUT2D eigenvalue weighted by Crippen LogP contribution is 2.30. The molecule has 2 saturated heterocycles. The molecule has 0 spiro atoms. The smallest absolute Gasteiger partial charge is 0.319 e. The fraction of sp³-hybridized carbons (Fsp3) is 0.290. The zero-order valence-corrected chi connectivity index (χ0v) is 22.3. The van der Waals surface area contributed by atoms with Crippen LogP contribution in [0.25, 0.3) is 10.8 Å². The van der Waals surface area contributed by atoms with E-state index >= 15 is 0 Å². The molecule has 0 amide bonds. The van der Waals surface area contributed by atoms with Crippen molar-refractivity contribution in [3.63, 3.8) is 0 Å². The zero-order chi connectivity index (χ0) is 26.6. The number of halogens is 1. The number of rotatable bonds is 8. The molecule has 2 aromatic heterocycles. The summed E-state index contributed by atoms with van der Waals surface area (Å²) in [7, 11) is 0. The van der Waals surface area contributed by atoms with Gasteiger partial charge in [0.05, 0.1) is 18.7 Å². The van der Waals surface area contributed by atoms with Crippen LogP contribution in [0.5, 0.6) is 6.01 Å². The van der Waals surface area contributed by atoms with Crippen molar-refractivity contribution in [2.24, 2.45) is 4.99 Å². The highest BCUT2D eigenvalue weighted by atomic mass is 35.5. The van der Waals surface area contributed by atoms with Crippen molar-refractivity contribution in [3.8, 4) is 18.4 Å². The van der Waals surface area contributed by atoms with E-state index in [4.69, 9.17) is 32.7 Å². The number of pyridine rings is 1. The number of hydrogen-bond donors (Lipinski definition) is 1. The van der Waals surface area contributed by atoms with E-state index in [-0.39, 0.29) is 6.01 Å². The van der Waals surface area contributed by atoms with Crippen LogP contribution in [0.3, 0.4) is 0 Å². The van der Waals surface area contributed by atoms with Crippen molar-refractivity contribution in [2.75, 3.05) is 24.6 Å². The second-order valence-corrected chi connectivity index (χ2v) is 10.4. The number of aromatic nitrogens is 3. The van der Waals surface area contributed by atoms with Gasteiger partial charge in [-0.05, 0) is 47.4 Å². The Morgan fingerprint density at radius 3 is 2.69 bits per heavy atom. The minimum Gasteiger partial charge on any atom is -0.463 e. The maximum Gasteiger partial charge on any atom is 0.319 e. The molecule has 2 bridgehead atoms. The first-order valence-corrected chi connectivity index (χ1v) is 13.6. The molecule has 2 aliphatic rings. The maximum atomic E-state index is 6.54. The molecule has 1 N–H and O–H groups in total. The van der Waals surface area contributed by atoms with Gasteiger partial charge in [-0.25, -0.2) is 0 Å². The Hall–Kier alpha value is -3.99. The molecule has 4 heterocycles. The van der Waals surface area contributed by atoms with Gasteiger partial charge in [0.1, 0.15) is 11.5 Å². The van der Waals surface area contributed by atoms with Crippen molar-refractivity contribution < 1.29 is 4.74 Å². The summed E-state index contributed by atoms with van der Waals surface area (Å²) >= 11 is 6.54. The van der Waals surface area contributed by atoms with Crippen molar-refractivity contribution >= 4 is 34.4 Å². The predicted molar refractivity (Wildman–Crippen MR) is 156 cm³/mol. The van der Waals surface area contributed by atoms with Gasteiger partial charge in [0.25, 0.3) is 0 Å². The number of anilines is 1. The first-order valence-electron chi connectivity index (χ1n) is 13.2. The van der Waals surface area contributed by atoms with E-state index in [2.05, 4.69) is 44.3 Å². The van der Waals surface area contributed by atoms with Gasteiger partial charge in [0, 0.05) is 60.6 Å². The molecule has 8 heteroatoms. The summed E-state index contributed by atoms with van der Waals surface area (Å²) in [4.78, 5) is 20.7. The van der Waals surface area contributed by atoms with Crippen LogP contribution >= 0.6 is 11.6 Å². The number of nitrogens with zero attached hydrogens (tertiary/aromatic N) is 5. The van der Waals surface area contributed by atoms with E-state index in [1.165, 1.54) is 0 Å². The predicted octanol–water partition coefficient (Wildman–Crippen LogP) is 4.84. The molecule has 0 aliphatic carbocycles. The van der Waals surface area contributed by atoms with Crippen LogP contribution in [0, 0.1) is 12.3 Å². The third-order valence-electron chi connectivity index (χ3n) is 7.32. The van der Waals surface area contributed by atoms with Crippen LogP contribution in [0.4, 0.5) is 5.82 Å². The molecule has 2 unspecified atom stereocenters. The lowest BCUT2D eigenvalue weighted by molar-refractivity contribution is 0.295. The summed E-state index contributed by atoms with van der Waals surface area (Å²) in [5.41, 5.74) is 3.35. The summed E-state index contributed by atoms with van der Waals surface area (Å²) in [6, 6.07) is 17.2. The molecule has 6 rings (SSSR count). The summed E-state index contributed by atoms with van der Waals surface area (Å²) in [5.74, 6) is 3.52. The Labute approximate surface area is 233 Å². The maximum absolute atomic E-state index is 6.54. The number of benzene rings is 2. The zero-order valence-electron chi connectivity index (χ0n) is 21.6. The monoisotopic (exact) mass is 536 g/mol. The standard InChI is InChI=1S/C31H29ClN6O/c1-2-28-26(18-34-17-23-9-3-7-22-8-4-10-27(32)29(22)23)30(38-19-24-11-12-25(20-38)35-24)37-31(36-28)39-15-13-21-6-5-14-33-16-21/h1,3-10,14,16,18,24-25,35H,11-13,15,17,19-20H2/b34-18-. The van der Waals surface area contributed by atoms with Crippen LogP contribution in [-0.2, 0) is 13.0 Å². The highest BCUT2D eigenvalue weighted by Gasteiger charge is 2.34. The van der Waals surface area contributed by atoms with E-state index < -0.39 is 0 Å². The van der Waals surface area contributed by atoms with Crippen LogP contribution in [0.2, 0.25) is 5.02 Å². The van der Waals surface area contributed by atoms with E-state index in [0.29, 0.717) is 37.4 Å². The number of ether oxygens (including phenoxy) is 1. The van der Waals surface area contributed by atoms with Crippen LogP contribution < -0.4 is 15.0 Å². The Kier molecular flexibility index (Phi) is 7.40. The van der Waals surface area contributed by atoms with Gasteiger partial charge in [0.2, 0.25) is 0 Å². The van der Waals surface area contributed by atoms with Gasteiger partial charge in [-0.15, -0.1) is 6.42 Å². The quantitative estimate of drug-likeness (QED) is 0.256. The minimum absolute atomic E-state index is 0.283. The van der Waals surface area contributed by atoms with Gasteiger partial charge >= 0.3 is 6.01 Å². The number of terminal acetylenes is 1. The average Bonchev–Trinajstić information content (AvgIpc) is 3.31. The second-order valence-electron chi connectivity index (χ2n) is 9.96. The van der Waals surface area contributed by atoms with E-state index in [9.17, 15) is 0 Å². The lowest BCUT2D eigenvalue weighted by Crippen LogP contribution is -2.51. The summed E-state index contributed by atoms with van der Waals surface area (Å²) in [5, 5.41) is 6.51. The summed E-state index contributed by atoms with van der Waals surface area (Å²) < 4.78 is 6.00. The van der Waals surface area contributed by atoms with Gasteiger partial charge in [-0.1, -0.05) is 48.0 Å². The minimum atomic E-state index is 0.283. The first kappa shape index (κ1) is 25.3. The number of fused-ring (bicyclic) bond motifs is 3. The average molecular weight is 537 g/mol. The lowest BCUT2D eigenvalue weighted by Gasteiger charge is -2.34. The molecule has 2 aliphatic heterocycles. The van der Waals surface area contributed by atoms with Crippen molar-refractivity contribution in [1.82, 2.24) is 20.3 Å². The Bertz CT molecular complexity index is 1530. The third-order valence-corrected chi connectivity index (χ3v) is 7.64. The van der Waals surface area contributed by atoms with Crippen LogP contribution in [0.15, 0.2) is 65.9 Å². The molecular weight excluding hydrogens is 508 g/mol. The van der Waals surface area contributed by atoms with Crippen molar-refractivity contribution in [2.45, 2.75) is 37.9 Å². The van der Waals surface area contributed by atoms with E-state index in [0.717, 1.165) is 64.2 Å². The SMILES string of the molecule is C#Cc1nc(OCCc2cccnc2)nc(N2CC3CCC(C2)N3)c1/C=N\Cc1cccc2cccc(Cl)c12. The highest BCUT2D eigenvalue weighted by molar-refractivity contribution is 6.35. The molecule has 0 radical (unpaired) electrons. The van der Waals surface area contributed by atoms with Gasteiger partial charge < -0.3 is 15.0 Å². The third kappa shape index (κ3) is 5.58. The molecule has 196 valence electrons.